The highest BCUT2D eigenvalue weighted by Gasteiger charge is 2.15. The monoisotopic (exact) mass is 273 g/mol. The van der Waals surface area contributed by atoms with Gasteiger partial charge in [0.15, 0.2) is 0 Å². The van der Waals surface area contributed by atoms with Crippen molar-refractivity contribution in [3.8, 4) is 0 Å². The Morgan fingerprint density at radius 3 is 2.70 bits per heavy atom. The van der Waals surface area contributed by atoms with E-state index in [1.807, 2.05) is 38.1 Å². The van der Waals surface area contributed by atoms with Crippen LogP contribution in [0.3, 0.4) is 0 Å². The van der Waals surface area contributed by atoms with Crippen LogP contribution in [0.2, 0.25) is 0 Å². The van der Waals surface area contributed by atoms with Gasteiger partial charge in [-0.05, 0) is 31.5 Å². The maximum Gasteiger partial charge on any atom is 0.227 e. The smallest absolute Gasteiger partial charge is 0.227 e. The molecule has 1 aromatic carbocycles. The molecule has 0 radical (unpaired) electrons. The summed E-state index contributed by atoms with van der Waals surface area (Å²) in [5, 5.41) is 7.66. The molecule has 2 rings (SSSR count). The van der Waals surface area contributed by atoms with Crippen molar-refractivity contribution in [2.75, 3.05) is 11.4 Å². The largest absolute Gasteiger partial charge is 0.426 e. The Balaban J connectivity index is 2.02. The van der Waals surface area contributed by atoms with Crippen molar-refractivity contribution in [2.24, 2.45) is 0 Å². The standard InChI is InChI=1S/C15H19N3O2/c1-4-18(13-7-5-6-11(2)10-13)15(19)9-8-14-17-16-12(3)20-14/h5-7,10H,4,8-9H2,1-3H3. The van der Waals surface area contributed by atoms with Crippen LogP contribution in [0.25, 0.3) is 0 Å². The van der Waals surface area contributed by atoms with Crippen LogP contribution in [-0.4, -0.2) is 22.6 Å². The van der Waals surface area contributed by atoms with Crippen LogP contribution in [-0.2, 0) is 11.2 Å². The van der Waals surface area contributed by atoms with Crippen LogP contribution in [0.1, 0.15) is 30.7 Å². The van der Waals surface area contributed by atoms with Crippen molar-refractivity contribution in [3.63, 3.8) is 0 Å². The van der Waals surface area contributed by atoms with Gasteiger partial charge >= 0.3 is 0 Å². The number of rotatable bonds is 5. The second-order valence-electron chi connectivity index (χ2n) is 4.69. The molecule has 0 fully saturated rings. The lowest BCUT2D eigenvalue weighted by atomic mass is 10.2. The Morgan fingerprint density at radius 2 is 2.10 bits per heavy atom. The fraction of sp³-hybridized carbons (Fsp3) is 0.400. The fourth-order valence-electron chi connectivity index (χ4n) is 2.09. The number of nitrogens with zero attached hydrogens (tertiary/aromatic N) is 3. The molecule has 5 nitrogen and oxygen atoms in total. The number of aryl methyl sites for hydroxylation is 3. The van der Waals surface area contributed by atoms with E-state index in [1.54, 1.807) is 11.8 Å². The summed E-state index contributed by atoms with van der Waals surface area (Å²) in [6, 6.07) is 7.94. The number of amides is 1. The summed E-state index contributed by atoms with van der Waals surface area (Å²) < 4.78 is 5.28. The van der Waals surface area contributed by atoms with Gasteiger partial charge in [-0.15, -0.1) is 10.2 Å². The first-order valence-electron chi connectivity index (χ1n) is 6.76. The number of benzene rings is 1. The van der Waals surface area contributed by atoms with E-state index in [1.165, 1.54) is 0 Å². The summed E-state index contributed by atoms with van der Waals surface area (Å²) in [6.07, 6.45) is 0.839. The highest BCUT2D eigenvalue weighted by molar-refractivity contribution is 5.93. The van der Waals surface area contributed by atoms with Crippen LogP contribution in [0.4, 0.5) is 5.69 Å². The molecule has 106 valence electrons. The molecule has 0 saturated heterocycles. The van der Waals surface area contributed by atoms with Crippen molar-refractivity contribution >= 4 is 11.6 Å². The van der Waals surface area contributed by atoms with Gasteiger partial charge in [-0.2, -0.15) is 0 Å². The molecule has 0 bridgehead atoms. The van der Waals surface area contributed by atoms with Gasteiger partial charge in [0.25, 0.3) is 0 Å². The van der Waals surface area contributed by atoms with Crippen molar-refractivity contribution in [2.45, 2.75) is 33.6 Å². The van der Waals surface area contributed by atoms with E-state index in [2.05, 4.69) is 10.2 Å². The normalized spacial score (nSPS) is 10.6. The zero-order chi connectivity index (χ0) is 14.5. The van der Waals surface area contributed by atoms with E-state index < -0.39 is 0 Å². The summed E-state index contributed by atoms with van der Waals surface area (Å²) in [5.74, 6) is 1.10. The molecular formula is C15H19N3O2. The molecule has 0 atom stereocenters. The third-order valence-electron chi connectivity index (χ3n) is 3.05. The molecule has 0 saturated carbocycles. The summed E-state index contributed by atoms with van der Waals surface area (Å²) in [7, 11) is 0. The van der Waals surface area contributed by atoms with Crippen LogP contribution in [0, 0.1) is 13.8 Å². The van der Waals surface area contributed by atoms with Crippen molar-refractivity contribution in [3.05, 3.63) is 41.6 Å². The van der Waals surface area contributed by atoms with Crippen LogP contribution in [0.15, 0.2) is 28.7 Å². The predicted molar refractivity (Wildman–Crippen MR) is 76.6 cm³/mol. The lowest BCUT2D eigenvalue weighted by Gasteiger charge is -2.21. The van der Waals surface area contributed by atoms with Gasteiger partial charge in [-0.1, -0.05) is 12.1 Å². The minimum absolute atomic E-state index is 0.0638. The summed E-state index contributed by atoms with van der Waals surface area (Å²) in [5.41, 5.74) is 2.07. The lowest BCUT2D eigenvalue weighted by Crippen LogP contribution is -2.30. The molecule has 0 aliphatic rings. The van der Waals surface area contributed by atoms with E-state index in [0.29, 0.717) is 31.2 Å². The highest BCUT2D eigenvalue weighted by Crippen LogP contribution is 2.17. The molecule has 0 N–H and O–H groups in total. The first kappa shape index (κ1) is 14.2. The summed E-state index contributed by atoms with van der Waals surface area (Å²) in [4.78, 5) is 14.1. The Kier molecular flexibility index (Phi) is 4.50. The minimum atomic E-state index is 0.0638. The molecule has 0 aliphatic carbocycles. The van der Waals surface area contributed by atoms with Gasteiger partial charge in [0.1, 0.15) is 0 Å². The predicted octanol–water partition coefficient (Wildman–Crippen LogP) is 2.67. The SMILES string of the molecule is CCN(C(=O)CCc1nnc(C)o1)c1cccc(C)c1. The molecule has 0 aliphatic heterocycles. The van der Waals surface area contributed by atoms with Crippen LogP contribution in [0.5, 0.6) is 0 Å². The van der Waals surface area contributed by atoms with Crippen molar-refractivity contribution < 1.29 is 9.21 Å². The number of carbonyl (C=O) groups is 1. The number of carbonyl (C=O) groups excluding carboxylic acids is 1. The molecule has 2 aromatic rings. The zero-order valence-electron chi connectivity index (χ0n) is 12.1. The number of anilines is 1. The van der Waals surface area contributed by atoms with Gasteiger partial charge in [0, 0.05) is 32.0 Å². The Bertz CT molecular complexity index is 592. The molecule has 1 aromatic heterocycles. The second kappa shape index (κ2) is 6.32. The first-order chi connectivity index (χ1) is 9.60. The average molecular weight is 273 g/mol. The Hall–Kier alpha value is -2.17. The minimum Gasteiger partial charge on any atom is -0.426 e. The van der Waals surface area contributed by atoms with Gasteiger partial charge in [0.2, 0.25) is 17.7 Å². The molecule has 0 unspecified atom stereocenters. The van der Waals surface area contributed by atoms with Crippen LogP contribution >= 0.6 is 0 Å². The Labute approximate surface area is 118 Å². The number of hydrogen-bond donors (Lipinski definition) is 0. The van der Waals surface area contributed by atoms with E-state index in [-0.39, 0.29) is 5.91 Å². The molecular weight excluding hydrogens is 254 g/mol. The Morgan fingerprint density at radius 1 is 1.30 bits per heavy atom. The first-order valence-corrected chi connectivity index (χ1v) is 6.76. The second-order valence-corrected chi connectivity index (χ2v) is 4.69. The van der Waals surface area contributed by atoms with Crippen molar-refractivity contribution in [1.82, 2.24) is 10.2 Å². The summed E-state index contributed by atoms with van der Waals surface area (Å²) in [6.45, 7) is 6.37. The van der Waals surface area contributed by atoms with E-state index in [0.717, 1.165) is 11.3 Å². The zero-order valence-corrected chi connectivity index (χ0v) is 12.1. The molecule has 1 heterocycles. The maximum atomic E-state index is 12.3. The third kappa shape index (κ3) is 3.44. The fourth-order valence-corrected chi connectivity index (χ4v) is 2.09. The molecule has 5 heteroatoms. The van der Waals surface area contributed by atoms with E-state index in [4.69, 9.17) is 4.42 Å². The third-order valence-corrected chi connectivity index (χ3v) is 3.05. The lowest BCUT2D eigenvalue weighted by molar-refractivity contribution is -0.118. The van der Waals surface area contributed by atoms with Gasteiger partial charge < -0.3 is 9.32 Å². The molecule has 20 heavy (non-hydrogen) atoms. The van der Waals surface area contributed by atoms with Gasteiger partial charge in [0.05, 0.1) is 0 Å². The average Bonchev–Trinajstić information content (AvgIpc) is 2.83. The van der Waals surface area contributed by atoms with Crippen LogP contribution < -0.4 is 4.90 Å². The van der Waals surface area contributed by atoms with Gasteiger partial charge in [-0.3, -0.25) is 4.79 Å². The van der Waals surface area contributed by atoms with E-state index in [9.17, 15) is 4.79 Å². The topological polar surface area (TPSA) is 59.2 Å². The van der Waals surface area contributed by atoms with Crippen molar-refractivity contribution in [1.29, 1.82) is 0 Å². The molecule has 1 amide bonds. The van der Waals surface area contributed by atoms with Gasteiger partial charge in [-0.25, -0.2) is 0 Å². The quantitative estimate of drug-likeness (QED) is 0.840. The number of hydrogen-bond acceptors (Lipinski definition) is 4. The highest BCUT2D eigenvalue weighted by atomic mass is 16.4. The summed E-state index contributed by atoms with van der Waals surface area (Å²) >= 11 is 0. The maximum absolute atomic E-state index is 12.3. The number of aromatic nitrogens is 2. The van der Waals surface area contributed by atoms with E-state index >= 15 is 0 Å². The molecule has 0 spiro atoms.